The lowest BCUT2D eigenvalue weighted by Crippen LogP contribution is -2.53. The molecule has 2 rings (SSSR count). The van der Waals surface area contributed by atoms with Crippen LogP contribution in [0.5, 0.6) is 0 Å². The van der Waals surface area contributed by atoms with Gasteiger partial charge in [-0.15, -0.1) is 0 Å². The van der Waals surface area contributed by atoms with Gasteiger partial charge in [-0.2, -0.15) is 11.8 Å². The van der Waals surface area contributed by atoms with E-state index in [2.05, 4.69) is 18.7 Å². The van der Waals surface area contributed by atoms with Crippen LogP contribution in [0.4, 0.5) is 0 Å². The molecule has 3 atom stereocenters. The van der Waals surface area contributed by atoms with Crippen LogP contribution in [0, 0.1) is 11.3 Å². The van der Waals surface area contributed by atoms with Crippen LogP contribution in [0.15, 0.2) is 0 Å². The van der Waals surface area contributed by atoms with Gasteiger partial charge in [-0.05, 0) is 30.6 Å². The van der Waals surface area contributed by atoms with E-state index in [9.17, 15) is 8.42 Å². The van der Waals surface area contributed by atoms with E-state index < -0.39 is 9.84 Å². The first-order valence-corrected chi connectivity index (χ1v) is 10.9. The van der Waals surface area contributed by atoms with E-state index in [1.54, 1.807) is 18.7 Å². The Labute approximate surface area is 134 Å². The van der Waals surface area contributed by atoms with Crippen molar-refractivity contribution in [3.8, 4) is 0 Å². The smallest absolute Gasteiger partial charge is 0.166 e. The fourth-order valence-corrected chi connectivity index (χ4v) is 6.70. The van der Waals surface area contributed by atoms with E-state index in [-0.39, 0.29) is 17.2 Å². The zero-order valence-corrected chi connectivity index (χ0v) is 15.2. The second-order valence-electron chi connectivity index (χ2n) is 7.31. The third-order valence-electron chi connectivity index (χ3n) is 5.05. The third kappa shape index (κ3) is 4.36. The summed E-state index contributed by atoms with van der Waals surface area (Å²) in [6.45, 7) is 8.08. The second kappa shape index (κ2) is 6.77. The molecule has 6 heteroatoms. The number of nitrogens with two attached hydrogens (primary N) is 1. The molecule has 1 saturated heterocycles. The molecule has 0 spiro atoms. The molecule has 4 nitrogen and oxygen atoms in total. The highest BCUT2D eigenvalue weighted by atomic mass is 32.2. The predicted molar refractivity (Wildman–Crippen MR) is 91.2 cm³/mol. The number of hydrogen-bond acceptors (Lipinski definition) is 5. The number of rotatable bonds is 4. The molecule has 0 amide bonds. The first kappa shape index (κ1) is 17.6. The highest BCUT2D eigenvalue weighted by Gasteiger charge is 2.38. The molecule has 0 bridgehead atoms. The summed E-state index contributed by atoms with van der Waals surface area (Å²) in [4.78, 5) is 2.20. The third-order valence-corrected chi connectivity index (χ3v) is 8.38. The van der Waals surface area contributed by atoms with Gasteiger partial charge in [0, 0.05) is 36.4 Å². The van der Waals surface area contributed by atoms with Gasteiger partial charge in [-0.1, -0.05) is 20.8 Å². The lowest BCUT2D eigenvalue weighted by atomic mass is 9.70. The minimum atomic E-state index is -3.00. The minimum absolute atomic E-state index is 0.220. The Morgan fingerprint density at radius 3 is 2.76 bits per heavy atom. The fourth-order valence-electron chi connectivity index (χ4n) is 3.60. The first-order chi connectivity index (χ1) is 9.75. The van der Waals surface area contributed by atoms with Crippen molar-refractivity contribution in [1.82, 2.24) is 4.90 Å². The van der Waals surface area contributed by atoms with Crippen molar-refractivity contribution in [1.29, 1.82) is 0 Å². The molecule has 2 aliphatic rings. The van der Waals surface area contributed by atoms with Gasteiger partial charge in [0.05, 0.1) is 0 Å². The summed E-state index contributed by atoms with van der Waals surface area (Å²) < 4.78 is 24.7. The minimum Gasteiger partial charge on any atom is -0.327 e. The Hall–Kier alpha value is 0.220. The van der Waals surface area contributed by atoms with Crippen LogP contribution in [0.1, 0.15) is 40.0 Å². The normalized spacial score (nSPS) is 34.8. The van der Waals surface area contributed by atoms with Gasteiger partial charge in [0.1, 0.15) is 5.37 Å². The lowest BCUT2D eigenvalue weighted by Gasteiger charge is -2.43. The van der Waals surface area contributed by atoms with Crippen molar-refractivity contribution in [2.75, 3.05) is 30.3 Å². The molecule has 1 heterocycles. The van der Waals surface area contributed by atoms with Crippen LogP contribution >= 0.6 is 11.8 Å². The van der Waals surface area contributed by atoms with E-state index in [1.165, 1.54) is 6.42 Å². The van der Waals surface area contributed by atoms with Gasteiger partial charge in [0.2, 0.25) is 0 Å². The number of hydrogen-bond donors (Lipinski definition) is 1. The summed E-state index contributed by atoms with van der Waals surface area (Å²) in [6.07, 6.45) is 3.35. The maximum absolute atomic E-state index is 12.3. The van der Waals surface area contributed by atoms with Crippen LogP contribution in [-0.4, -0.2) is 55.1 Å². The van der Waals surface area contributed by atoms with Crippen molar-refractivity contribution in [3.05, 3.63) is 0 Å². The van der Waals surface area contributed by atoms with Crippen LogP contribution < -0.4 is 5.73 Å². The SMILES string of the molecule is CCS(=O)(=O)C1CSCCN1CC1CC(C)(C)CCC1N. The lowest BCUT2D eigenvalue weighted by molar-refractivity contribution is 0.113. The van der Waals surface area contributed by atoms with Gasteiger partial charge in [-0.3, -0.25) is 4.90 Å². The van der Waals surface area contributed by atoms with Crippen molar-refractivity contribution in [2.24, 2.45) is 17.1 Å². The molecule has 124 valence electrons. The highest BCUT2D eigenvalue weighted by molar-refractivity contribution is 8.01. The van der Waals surface area contributed by atoms with Crippen LogP contribution in [0.2, 0.25) is 0 Å². The molecule has 0 radical (unpaired) electrons. The molecule has 1 aliphatic heterocycles. The standard InChI is InChI=1S/C15H30N2O2S2/c1-4-21(18,19)14-11-20-8-7-17(14)10-12-9-15(2,3)6-5-13(12)16/h12-14H,4-11,16H2,1-3H3. The van der Waals surface area contributed by atoms with Gasteiger partial charge in [-0.25, -0.2) is 8.42 Å². The summed E-state index contributed by atoms with van der Waals surface area (Å²) in [5, 5.41) is -0.307. The van der Waals surface area contributed by atoms with E-state index in [0.29, 0.717) is 17.1 Å². The molecule has 1 aliphatic carbocycles. The molecule has 2 N–H and O–H groups in total. The van der Waals surface area contributed by atoms with Crippen LogP contribution in [0.3, 0.4) is 0 Å². The predicted octanol–water partition coefficient (Wildman–Crippen LogP) is 1.95. The summed E-state index contributed by atoms with van der Waals surface area (Å²) in [5.74, 6) is 2.39. The van der Waals surface area contributed by atoms with Crippen LogP contribution in [-0.2, 0) is 9.84 Å². The van der Waals surface area contributed by atoms with E-state index >= 15 is 0 Å². The molecular weight excluding hydrogens is 304 g/mol. The average molecular weight is 335 g/mol. The van der Waals surface area contributed by atoms with Crippen molar-refractivity contribution in [3.63, 3.8) is 0 Å². The molecule has 3 unspecified atom stereocenters. The number of thioether (sulfide) groups is 1. The van der Waals surface area contributed by atoms with E-state index in [0.717, 1.165) is 31.7 Å². The van der Waals surface area contributed by atoms with E-state index in [1.807, 2.05) is 0 Å². The Kier molecular flexibility index (Phi) is 5.66. The maximum Gasteiger partial charge on any atom is 0.166 e. The largest absolute Gasteiger partial charge is 0.327 e. The van der Waals surface area contributed by atoms with Crippen LogP contribution in [0.25, 0.3) is 0 Å². The van der Waals surface area contributed by atoms with Crippen molar-refractivity contribution >= 4 is 21.6 Å². The zero-order valence-electron chi connectivity index (χ0n) is 13.5. The molecule has 0 aromatic rings. The van der Waals surface area contributed by atoms with Gasteiger partial charge in [0.25, 0.3) is 0 Å². The Morgan fingerprint density at radius 1 is 1.38 bits per heavy atom. The Balaban J connectivity index is 2.08. The average Bonchev–Trinajstić information content (AvgIpc) is 2.43. The summed E-state index contributed by atoms with van der Waals surface area (Å²) in [7, 11) is -3.00. The molecule has 1 saturated carbocycles. The first-order valence-electron chi connectivity index (χ1n) is 8.04. The number of nitrogens with zero attached hydrogens (tertiary/aromatic N) is 1. The Bertz CT molecular complexity index is 451. The highest BCUT2D eigenvalue weighted by Crippen LogP contribution is 2.39. The quantitative estimate of drug-likeness (QED) is 0.851. The zero-order chi connectivity index (χ0) is 15.7. The summed E-state index contributed by atoms with van der Waals surface area (Å²) in [5.41, 5.74) is 6.66. The second-order valence-corrected chi connectivity index (χ2v) is 10.9. The molecule has 2 fully saturated rings. The van der Waals surface area contributed by atoms with Gasteiger partial charge in [0.15, 0.2) is 9.84 Å². The summed E-state index contributed by atoms with van der Waals surface area (Å²) >= 11 is 1.76. The van der Waals surface area contributed by atoms with Gasteiger partial charge >= 0.3 is 0 Å². The monoisotopic (exact) mass is 334 g/mol. The molecule has 21 heavy (non-hydrogen) atoms. The van der Waals surface area contributed by atoms with Gasteiger partial charge < -0.3 is 5.73 Å². The number of sulfone groups is 1. The molecule has 0 aromatic carbocycles. The van der Waals surface area contributed by atoms with E-state index in [4.69, 9.17) is 5.73 Å². The Morgan fingerprint density at radius 2 is 2.10 bits per heavy atom. The van der Waals surface area contributed by atoms with Crippen molar-refractivity contribution < 1.29 is 8.42 Å². The van der Waals surface area contributed by atoms with Crippen molar-refractivity contribution in [2.45, 2.75) is 51.4 Å². The molecular formula is C15H30N2O2S2. The maximum atomic E-state index is 12.3. The fraction of sp³-hybridized carbons (Fsp3) is 1.00. The topological polar surface area (TPSA) is 63.4 Å². The molecule has 0 aromatic heterocycles. The summed E-state index contributed by atoms with van der Waals surface area (Å²) in [6, 6.07) is 0.220.